The maximum Gasteiger partial charge on any atom is 0.123 e. The van der Waals surface area contributed by atoms with Crippen molar-refractivity contribution >= 4 is 6.08 Å². The van der Waals surface area contributed by atoms with Gasteiger partial charge in [0.2, 0.25) is 0 Å². The molecule has 1 aromatic heterocycles. The van der Waals surface area contributed by atoms with Gasteiger partial charge in [0.05, 0.1) is 23.2 Å². The van der Waals surface area contributed by atoms with Crippen molar-refractivity contribution in [1.29, 1.82) is 0 Å². The molecule has 1 fully saturated rings. The van der Waals surface area contributed by atoms with E-state index >= 15 is 0 Å². The second kappa shape index (κ2) is 7.76. The molecule has 0 amide bonds. The molecule has 0 unspecified atom stereocenters. The Morgan fingerprint density at radius 2 is 1.87 bits per heavy atom. The van der Waals surface area contributed by atoms with Crippen LogP contribution in [0.25, 0.3) is 11.8 Å². The lowest BCUT2D eigenvalue weighted by molar-refractivity contribution is -0.0857. The van der Waals surface area contributed by atoms with Gasteiger partial charge in [0.25, 0.3) is 0 Å². The molecule has 0 spiro atoms. The van der Waals surface area contributed by atoms with Crippen LogP contribution in [0.3, 0.4) is 0 Å². The topological polar surface area (TPSA) is 38.0 Å². The van der Waals surface area contributed by atoms with Crippen LogP contribution in [0.2, 0.25) is 0 Å². The fourth-order valence-electron chi connectivity index (χ4n) is 5.58. The first-order valence-electron chi connectivity index (χ1n) is 11.3. The SMILES string of the molecule is C[C@]12Cc3cnn(-c4ccc(F)cc4)c3C=C1CCC[C@@]2(O)CCCc1ccccc1. The van der Waals surface area contributed by atoms with E-state index < -0.39 is 5.60 Å². The minimum absolute atomic E-state index is 0.247. The van der Waals surface area contributed by atoms with Crippen molar-refractivity contribution in [2.75, 3.05) is 0 Å². The Morgan fingerprint density at radius 3 is 2.65 bits per heavy atom. The summed E-state index contributed by atoms with van der Waals surface area (Å²) in [5.41, 5.74) is 4.74. The third-order valence-electron chi connectivity index (χ3n) is 7.48. The Balaban J connectivity index is 1.41. The molecule has 1 N–H and O–H groups in total. The van der Waals surface area contributed by atoms with E-state index in [9.17, 15) is 9.50 Å². The lowest BCUT2D eigenvalue weighted by Gasteiger charge is -2.52. The van der Waals surface area contributed by atoms with Crippen molar-refractivity contribution in [1.82, 2.24) is 9.78 Å². The third kappa shape index (κ3) is 3.53. The highest BCUT2D eigenvalue weighted by Crippen LogP contribution is 2.54. The van der Waals surface area contributed by atoms with Gasteiger partial charge < -0.3 is 5.11 Å². The zero-order valence-electron chi connectivity index (χ0n) is 18.0. The van der Waals surface area contributed by atoms with Crippen LogP contribution >= 0.6 is 0 Å². The van der Waals surface area contributed by atoms with Crippen LogP contribution in [0.5, 0.6) is 0 Å². The molecule has 0 bridgehead atoms. The molecule has 0 aliphatic heterocycles. The lowest BCUT2D eigenvalue weighted by Crippen LogP contribution is -2.52. The summed E-state index contributed by atoms with van der Waals surface area (Å²) in [6.07, 6.45) is 10.6. The molecule has 5 rings (SSSR count). The van der Waals surface area contributed by atoms with E-state index in [1.165, 1.54) is 23.3 Å². The molecule has 2 aliphatic carbocycles. The van der Waals surface area contributed by atoms with Crippen LogP contribution in [0.1, 0.15) is 55.8 Å². The van der Waals surface area contributed by atoms with Crippen molar-refractivity contribution in [2.45, 2.75) is 57.5 Å². The van der Waals surface area contributed by atoms with Gasteiger partial charge in [-0.15, -0.1) is 0 Å². The molecule has 2 atom stereocenters. The smallest absolute Gasteiger partial charge is 0.123 e. The molecule has 1 heterocycles. The molecule has 4 heteroatoms. The van der Waals surface area contributed by atoms with Crippen LogP contribution in [0.4, 0.5) is 4.39 Å². The number of fused-ring (bicyclic) bond motifs is 2. The quantitative estimate of drug-likeness (QED) is 0.563. The molecule has 2 aliphatic rings. The largest absolute Gasteiger partial charge is 0.389 e. The molecule has 3 nitrogen and oxygen atoms in total. The summed E-state index contributed by atoms with van der Waals surface area (Å²) in [5, 5.41) is 16.5. The Labute approximate surface area is 183 Å². The number of nitrogens with zero attached hydrogens (tertiary/aromatic N) is 2. The first kappa shape index (κ1) is 20.2. The second-order valence-electron chi connectivity index (χ2n) is 9.35. The summed E-state index contributed by atoms with van der Waals surface area (Å²) in [6.45, 7) is 2.23. The van der Waals surface area contributed by atoms with Crippen LogP contribution in [-0.4, -0.2) is 20.5 Å². The van der Waals surface area contributed by atoms with E-state index in [1.807, 2.05) is 16.9 Å². The van der Waals surface area contributed by atoms with E-state index in [4.69, 9.17) is 0 Å². The molecule has 160 valence electrons. The number of hydrogen-bond donors (Lipinski definition) is 1. The zero-order valence-corrected chi connectivity index (χ0v) is 18.0. The molecule has 31 heavy (non-hydrogen) atoms. The molecular weight excluding hydrogens is 387 g/mol. The summed E-state index contributed by atoms with van der Waals surface area (Å²) < 4.78 is 15.3. The Morgan fingerprint density at radius 1 is 1.10 bits per heavy atom. The minimum Gasteiger partial charge on any atom is -0.389 e. The Hall–Kier alpha value is -2.72. The number of aromatic nitrogens is 2. The van der Waals surface area contributed by atoms with Crippen molar-refractivity contribution < 1.29 is 9.50 Å². The van der Waals surface area contributed by atoms with Crippen molar-refractivity contribution in [3.05, 3.63) is 89.0 Å². The van der Waals surface area contributed by atoms with Gasteiger partial charge in [0, 0.05) is 5.41 Å². The molecular formula is C27H29FN2O. The van der Waals surface area contributed by atoms with Gasteiger partial charge in [-0.3, -0.25) is 0 Å². The number of halogens is 1. The van der Waals surface area contributed by atoms with E-state index in [0.29, 0.717) is 0 Å². The fraction of sp³-hybridized carbons (Fsp3) is 0.370. The Kier molecular flexibility index (Phi) is 5.05. The van der Waals surface area contributed by atoms with E-state index in [-0.39, 0.29) is 11.2 Å². The number of benzene rings is 2. The summed E-state index contributed by atoms with van der Waals surface area (Å²) in [6, 6.07) is 17.0. The van der Waals surface area contributed by atoms with Crippen LogP contribution in [0.15, 0.2) is 66.4 Å². The number of rotatable bonds is 5. The highest BCUT2D eigenvalue weighted by molar-refractivity contribution is 5.62. The van der Waals surface area contributed by atoms with Gasteiger partial charge in [0.1, 0.15) is 5.82 Å². The average molecular weight is 417 g/mol. The lowest BCUT2D eigenvalue weighted by atomic mass is 9.56. The molecule has 1 saturated carbocycles. The first-order chi connectivity index (χ1) is 15.0. The van der Waals surface area contributed by atoms with E-state index in [0.717, 1.165) is 61.9 Å². The maximum absolute atomic E-state index is 13.4. The monoisotopic (exact) mass is 416 g/mol. The summed E-state index contributed by atoms with van der Waals surface area (Å²) >= 11 is 0. The summed E-state index contributed by atoms with van der Waals surface area (Å²) in [7, 11) is 0. The number of hydrogen-bond acceptors (Lipinski definition) is 2. The summed E-state index contributed by atoms with van der Waals surface area (Å²) in [5.74, 6) is -0.247. The maximum atomic E-state index is 13.4. The Bertz CT molecular complexity index is 1100. The average Bonchev–Trinajstić information content (AvgIpc) is 3.17. The van der Waals surface area contributed by atoms with Crippen molar-refractivity contribution in [3.8, 4) is 5.69 Å². The van der Waals surface area contributed by atoms with Gasteiger partial charge in [-0.05, 0) is 86.4 Å². The molecule has 2 aromatic carbocycles. The normalized spacial score (nSPS) is 24.9. The van der Waals surface area contributed by atoms with Crippen LogP contribution in [-0.2, 0) is 12.8 Å². The van der Waals surface area contributed by atoms with Crippen LogP contribution in [0, 0.1) is 11.2 Å². The molecule has 3 aromatic rings. The first-order valence-corrected chi connectivity index (χ1v) is 11.3. The highest BCUT2D eigenvalue weighted by Gasteiger charge is 2.52. The predicted molar refractivity (Wildman–Crippen MR) is 121 cm³/mol. The standard InChI is InChI=1S/C27H29FN2O/c1-26-18-21-19-29-30(24-13-11-23(28)12-14-24)25(21)17-22(26)10-6-16-27(26,31)15-5-9-20-7-3-2-4-8-20/h2-4,7-8,11-14,17,19,31H,5-6,9-10,15-16,18H2,1H3/t26-,27-/m0/s1. The third-order valence-corrected chi connectivity index (χ3v) is 7.48. The zero-order chi connectivity index (χ0) is 21.5. The fourth-order valence-corrected chi connectivity index (χ4v) is 5.58. The molecule has 0 saturated heterocycles. The van der Waals surface area contributed by atoms with E-state index in [1.54, 1.807) is 12.1 Å². The number of aryl methyl sites for hydroxylation is 1. The van der Waals surface area contributed by atoms with Crippen molar-refractivity contribution in [3.63, 3.8) is 0 Å². The van der Waals surface area contributed by atoms with Crippen LogP contribution < -0.4 is 0 Å². The highest BCUT2D eigenvalue weighted by atomic mass is 19.1. The second-order valence-corrected chi connectivity index (χ2v) is 9.35. The van der Waals surface area contributed by atoms with Gasteiger partial charge >= 0.3 is 0 Å². The molecule has 0 radical (unpaired) electrons. The van der Waals surface area contributed by atoms with Gasteiger partial charge in [-0.25, -0.2) is 9.07 Å². The van der Waals surface area contributed by atoms with Gasteiger partial charge in [-0.1, -0.05) is 42.8 Å². The van der Waals surface area contributed by atoms with Gasteiger partial charge in [-0.2, -0.15) is 5.10 Å². The summed E-state index contributed by atoms with van der Waals surface area (Å²) in [4.78, 5) is 0. The predicted octanol–water partition coefficient (Wildman–Crippen LogP) is 5.90. The number of aliphatic hydroxyl groups is 1. The van der Waals surface area contributed by atoms with Crippen molar-refractivity contribution in [2.24, 2.45) is 5.41 Å². The van der Waals surface area contributed by atoms with Gasteiger partial charge in [0.15, 0.2) is 0 Å². The van der Waals surface area contributed by atoms with E-state index in [2.05, 4.69) is 42.4 Å². The minimum atomic E-state index is -0.707.